The number of nitrogens with two attached hydrogens (primary N) is 1. The number of nitrogens with zero attached hydrogens (tertiary/aromatic N) is 6. The molecular weight excluding hydrogens is 304 g/mol. The highest BCUT2D eigenvalue weighted by atomic mass is 15.3. The van der Waals surface area contributed by atoms with E-state index in [1.54, 1.807) is 17.2 Å². The SMILES string of the molecule is Cc1cc(N)n(-c2cc(N3CCCCC3c3ncc[nH]3)ncn2)n1. The summed E-state index contributed by atoms with van der Waals surface area (Å²) in [6.07, 6.45) is 8.59. The monoisotopic (exact) mass is 324 g/mol. The Hall–Kier alpha value is -2.90. The third kappa shape index (κ3) is 2.60. The van der Waals surface area contributed by atoms with Gasteiger partial charge in [0.05, 0.1) is 11.7 Å². The molecule has 0 aliphatic carbocycles. The molecule has 0 radical (unpaired) electrons. The third-order valence-electron chi connectivity index (χ3n) is 4.35. The van der Waals surface area contributed by atoms with E-state index in [1.165, 1.54) is 6.42 Å². The Morgan fingerprint density at radius 1 is 1.17 bits per heavy atom. The van der Waals surface area contributed by atoms with Gasteiger partial charge in [0, 0.05) is 31.1 Å². The Kier molecular flexibility index (Phi) is 3.64. The number of nitrogen functional groups attached to an aromatic ring is 1. The summed E-state index contributed by atoms with van der Waals surface area (Å²) in [7, 11) is 0. The van der Waals surface area contributed by atoms with Crippen molar-refractivity contribution >= 4 is 11.6 Å². The Bertz CT molecular complexity index is 822. The van der Waals surface area contributed by atoms with Gasteiger partial charge in [-0.25, -0.2) is 15.0 Å². The lowest BCUT2D eigenvalue weighted by atomic mass is 10.0. The molecule has 1 fully saturated rings. The fraction of sp³-hybridized carbons (Fsp3) is 0.375. The fourth-order valence-electron chi connectivity index (χ4n) is 3.26. The zero-order valence-corrected chi connectivity index (χ0v) is 13.6. The minimum absolute atomic E-state index is 0.202. The number of hydrogen-bond acceptors (Lipinski definition) is 6. The maximum absolute atomic E-state index is 6.02. The number of nitrogens with one attached hydrogen (secondary N) is 1. The third-order valence-corrected chi connectivity index (χ3v) is 4.35. The van der Waals surface area contributed by atoms with Crippen molar-refractivity contribution in [2.24, 2.45) is 0 Å². The largest absolute Gasteiger partial charge is 0.384 e. The molecule has 3 aromatic rings. The summed E-state index contributed by atoms with van der Waals surface area (Å²) < 4.78 is 1.65. The van der Waals surface area contributed by atoms with Crippen molar-refractivity contribution in [3.05, 3.63) is 42.4 Å². The summed E-state index contributed by atoms with van der Waals surface area (Å²) in [5.74, 6) is 3.09. The molecule has 4 rings (SSSR count). The van der Waals surface area contributed by atoms with Gasteiger partial charge in [0.1, 0.15) is 23.8 Å². The van der Waals surface area contributed by atoms with Crippen LogP contribution in [-0.4, -0.2) is 36.3 Å². The molecule has 8 nitrogen and oxygen atoms in total. The first kappa shape index (κ1) is 14.7. The number of aryl methyl sites for hydroxylation is 1. The summed E-state index contributed by atoms with van der Waals surface area (Å²) in [5, 5.41) is 4.40. The quantitative estimate of drug-likeness (QED) is 0.764. The van der Waals surface area contributed by atoms with E-state index in [1.807, 2.05) is 25.3 Å². The Balaban J connectivity index is 1.70. The lowest BCUT2D eigenvalue weighted by molar-refractivity contribution is 0.455. The van der Waals surface area contributed by atoms with Crippen molar-refractivity contribution in [2.75, 3.05) is 17.2 Å². The first-order valence-electron chi connectivity index (χ1n) is 8.13. The number of H-pyrrole nitrogens is 1. The average molecular weight is 324 g/mol. The van der Waals surface area contributed by atoms with Crippen molar-refractivity contribution in [3.63, 3.8) is 0 Å². The maximum atomic E-state index is 6.02. The second-order valence-corrected chi connectivity index (χ2v) is 6.04. The normalized spacial score (nSPS) is 18.0. The fourth-order valence-corrected chi connectivity index (χ4v) is 3.26. The van der Waals surface area contributed by atoms with Crippen LogP contribution in [0.5, 0.6) is 0 Å². The molecule has 1 unspecified atom stereocenters. The molecule has 1 atom stereocenters. The van der Waals surface area contributed by atoms with Crippen LogP contribution in [0, 0.1) is 6.92 Å². The van der Waals surface area contributed by atoms with Crippen LogP contribution in [-0.2, 0) is 0 Å². The Morgan fingerprint density at radius 3 is 2.79 bits per heavy atom. The first-order chi connectivity index (χ1) is 11.7. The van der Waals surface area contributed by atoms with Gasteiger partial charge in [-0.1, -0.05) is 0 Å². The second-order valence-electron chi connectivity index (χ2n) is 6.04. The number of rotatable bonds is 3. The van der Waals surface area contributed by atoms with Gasteiger partial charge in [-0.3, -0.25) is 0 Å². The van der Waals surface area contributed by atoms with Crippen molar-refractivity contribution in [1.82, 2.24) is 29.7 Å². The molecule has 0 saturated carbocycles. The van der Waals surface area contributed by atoms with Gasteiger partial charge in [-0.15, -0.1) is 0 Å². The topological polar surface area (TPSA) is 102 Å². The van der Waals surface area contributed by atoms with Crippen LogP contribution >= 0.6 is 0 Å². The van der Waals surface area contributed by atoms with E-state index in [2.05, 4.69) is 29.9 Å². The van der Waals surface area contributed by atoms with E-state index in [0.29, 0.717) is 11.6 Å². The van der Waals surface area contributed by atoms with Crippen LogP contribution in [0.4, 0.5) is 11.6 Å². The van der Waals surface area contributed by atoms with E-state index in [9.17, 15) is 0 Å². The highest BCUT2D eigenvalue weighted by molar-refractivity contribution is 5.48. The van der Waals surface area contributed by atoms with Gasteiger partial charge in [-0.05, 0) is 26.2 Å². The average Bonchev–Trinajstić information content (AvgIpc) is 3.24. The first-order valence-corrected chi connectivity index (χ1v) is 8.13. The zero-order chi connectivity index (χ0) is 16.5. The molecule has 124 valence electrons. The van der Waals surface area contributed by atoms with Crippen molar-refractivity contribution < 1.29 is 0 Å². The van der Waals surface area contributed by atoms with Crippen LogP contribution in [0.1, 0.15) is 36.8 Å². The summed E-state index contributed by atoms with van der Waals surface area (Å²) in [5.41, 5.74) is 6.88. The maximum Gasteiger partial charge on any atom is 0.161 e. The van der Waals surface area contributed by atoms with E-state index < -0.39 is 0 Å². The summed E-state index contributed by atoms with van der Waals surface area (Å²) in [6.45, 7) is 2.85. The van der Waals surface area contributed by atoms with Crippen molar-refractivity contribution in [1.29, 1.82) is 0 Å². The summed E-state index contributed by atoms with van der Waals surface area (Å²) >= 11 is 0. The molecule has 0 bridgehead atoms. The molecule has 1 saturated heterocycles. The summed E-state index contributed by atoms with van der Waals surface area (Å²) in [6, 6.07) is 3.96. The van der Waals surface area contributed by atoms with E-state index >= 15 is 0 Å². The lowest BCUT2D eigenvalue weighted by Gasteiger charge is -2.35. The predicted molar refractivity (Wildman–Crippen MR) is 90.8 cm³/mol. The van der Waals surface area contributed by atoms with Crippen LogP contribution in [0.15, 0.2) is 30.9 Å². The molecule has 4 heterocycles. The lowest BCUT2D eigenvalue weighted by Crippen LogP contribution is -2.34. The van der Waals surface area contributed by atoms with E-state index in [-0.39, 0.29) is 6.04 Å². The van der Waals surface area contributed by atoms with Crippen molar-refractivity contribution in [2.45, 2.75) is 32.2 Å². The van der Waals surface area contributed by atoms with Crippen LogP contribution in [0.25, 0.3) is 5.82 Å². The zero-order valence-electron chi connectivity index (χ0n) is 13.6. The van der Waals surface area contributed by atoms with Gasteiger partial charge in [-0.2, -0.15) is 9.78 Å². The minimum Gasteiger partial charge on any atom is -0.384 e. The second kappa shape index (κ2) is 5.95. The summed E-state index contributed by atoms with van der Waals surface area (Å²) in [4.78, 5) is 18.7. The Labute approximate surface area is 139 Å². The van der Waals surface area contributed by atoms with E-state index in [0.717, 1.165) is 36.7 Å². The molecule has 0 spiro atoms. The number of hydrogen-bond donors (Lipinski definition) is 2. The highest BCUT2D eigenvalue weighted by Gasteiger charge is 2.27. The highest BCUT2D eigenvalue weighted by Crippen LogP contribution is 2.32. The van der Waals surface area contributed by atoms with Gasteiger partial charge >= 0.3 is 0 Å². The van der Waals surface area contributed by atoms with Crippen LogP contribution < -0.4 is 10.6 Å². The number of anilines is 2. The number of aromatic nitrogens is 6. The number of piperidine rings is 1. The molecule has 1 aliphatic heterocycles. The number of aromatic amines is 1. The molecule has 8 heteroatoms. The molecule has 1 aliphatic rings. The number of imidazole rings is 1. The standard InChI is InChI=1S/C16H20N8/c1-11-8-13(17)24(22-11)15-9-14(20-10-21-15)23-7-3-2-4-12(23)16-18-5-6-19-16/h5-6,8-10,12H,2-4,7,17H2,1H3,(H,18,19). The van der Waals surface area contributed by atoms with Gasteiger partial charge < -0.3 is 15.6 Å². The molecule has 24 heavy (non-hydrogen) atoms. The van der Waals surface area contributed by atoms with Crippen molar-refractivity contribution in [3.8, 4) is 5.82 Å². The molecule has 0 amide bonds. The van der Waals surface area contributed by atoms with Crippen LogP contribution in [0.3, 0.4) is 0 Å². The van der Waals surface area contributed by atoms with Gasteiger partial charge in [0.25, 0.3) is 0 Å². The van der Waals surface area contributed by atoms with Crippen LogP contribution in [0.2, 0.25) is 0 Å². The Morgan fingerprint density at radius 2 is 2.04 bits per heavy atom. The predicted octanol–water partition coefficient (Wildman–Crippen LogP) is 2.01. The molecule has 0 aromatic carbocycles. The molecule has 3 aromatic heterocycles. The molecule has 3 N–H and O–H groups in total. The smallest absolute Gasteiger partial charge is 0.161 e. The van der Waals surface area contributed by atoms with Gasteiger partial charge in [0.2, 0.25) is 0 Å². The van der Waals surface area contributed by atoms with E-state index in [4.69, 9.17) is 5.73 Å². The minimum atomic E-state index is 0.202. The van der Waals surface area contributed by atoms with Gasteiger partial charge in [0.15, 0.2) is 5.82 Å². The molecular formula is C16H20N8.